The minimum atomic E-state index is -0.489. The zero-order valence-electron chi connectivity index (χ0n) is 13.7. The quantitative estimate of drug-likeness (QED) is 0.369. The Morgan fingerprint density at radius 3 is 2.84 bits per heavy atom. The van der Waals surface area contributed by atoms with Gasteiger partial charge < -0.3 is 4.74 Å². The number of fused-ring (bicyclic) bond motifs is 1. The molecule has 0 bridgehead atoms. The van der Waals surface area contributed by atoms with Gasteiger partial charge >= 0.3 is 0 Å². The Labute approximate surface area is 142 Å². The van der Waals surface area contributed by atoms with E-state index in [9.17, 15) is 15.0 Å². The highest BCUT2D eigenvalue weighted by molar-refractivity contribution is 5.83. The molecule has 0 aliphatic rings. The van der Waals surface area contributed by atoms with Crippen molar-refractivity contribution in [3.63, 3.8) is 0 Å². The third-order valence-corrected chi connectivity index (χ3v) is 3.82. The molecule has 3 aromatic rings. The van der Waals surface area contributed by atoms with Gasteiger partial charge in [0.25, 0.3) is 5.69 Å². The van der Waals surface area contributed by atoms with Crippen molar-refractivity contribution in [3.05, 3.63) is 51.4 Å². The Bertz CT molecular complexity index is 931. The van der Waals surface area contributed by atoms with Crippen molar-refractivity contribution >= 4 is 11.2 Å². The largest absolute Gasteiger partial charge is 0.357 e. The molecule has 3 aromatic heterocycles. The van der Waals surface area contributed by atoms with Gasteiger partial charge in [0.1, 0.15) is 19.0 Å². The van der Waals surface area contributed by atoms with Crippen molar-refractivity contribution < 1.29 is 9.66 Å². The standard InChI is InChI=1S/C15H16N6O4/c1-3-25-10(2)19-8-12(6-16-19)15-11(7-18-22)5-17-20-9-13(21(23)24)4-14(15)20/h4-6,8-10H,3,7H2,1-2H3. The highest BCUT2D eigenvalue weighted by Gasteiger charge is 2.19. The van der Waals surface area contributed by atoms with Gasteiger partial charge in [0, 0.05) is 35.6 Å². The summed E-state index contributed by atoms with van der Waals surface area (Å²) in [4.78, 5) is 21.3. The van der Waals surface area contributed by atoms with Gasteiger partial charge in [0.05, 0.1) is 22.8 Å². The lowest BCUT2D eigenvalue weighted by Gasteiger charge is -2.11. The molecule has 25 heavy (non-hydrogen) atoms. The number of nitro groups is 1. The van der Waals surface area contributed by atoms with Crippen molar-refractivity contribution in [2.24, 2.45) is 5.18 Å². The number of rotatable bonds is 7. The SMILES string of the molecule is CCOC(C)n1cc(-c2c(CN=O)cnn3cc([N+](=O)[O-])cc23)cn1. The third kappa shape index (κ3) is 3.11. The van der Waals surface area contributed by atoms with Gasteiger partial charge in [-0.15, -0.1) is 0 Å². The van der Waals surface area contributed by atoms with Crippen molar-refractivity contribution in [1.82, 2.24) is 19.4 Å². The number of nitroso groups, excluding NO2 is 1. The van der Waals surface area contributed by atoms with Crippen molar-refractivity contribution in [3.8, 4) is 11.1 Å². The molecule has 10 heteroatoms. The molecule has 0 fully saturated rings. The Hall–Kier alpha value is -3.14. The van der Waals surface area contributed by atoms with Crippen LogP contribution < -0.4 is 0 Å². The number of aromatic nitrogens is 4. The van der Waals surface area contributed by atoms with E-state index in [-0.39, 0.29) is 18.5 Å². The molecule has 10 nitrogen and oxygen atoms in total. The van der Waals surface area contributed by atoms with Crippen LogP contribution >= 0.6 is 0 Å². The molecule has 3 heterocycles. The Morgan fingerprint density at radius 2 is 2.16 bits per heavy atom. The topological polar surface area (TPSA) is 117 Å². The molecule has 0 N–H and O–H groups in total. The van der Waals surface area contributed by atoms with E-state index in [1.165, 1.54) is 23.0 Å². The Balaban J connectivity index is 2.16. The summed E-state index contributed by atoms with van der Waals surface area (Å²) in [7, 11) is 0. The lowest BCUT2D eigenvalue weighted by atomic mass is 10.0. The van der Waals surface area contributed by atoms with Gasteiger partial charge in [-0.1, -0.05) is 5.18 Å². The normalized spacial score (nSPS) is 12.4. The van der Waals surface area contributed by atoms with Crippen LogP contribution in [-0.4, -0.2) is 30.9 Å². The molecule has 0 spiro atoms. The van der Waals surface area contributed by atoms with Crippen LogP contribution in [0.15, 0.2) is 36.0 Å². The first-order chi connectivity index (χ1) is 12.0. The van der Waals surface area contributed by atoms with Crippen LogP contribution in [0.4, 0.5) is 5.69 Å². The Kier molecular flexibility index (Phi) is 4.52. The van der Waals surface area contributed by atoms with Crippen LogP contribution in [0, 0.1) is 15.0 Å². The van der Waals surface area contributed by atoms with E-state index in [1.54, 1.807) is 17.1 Å². The van der Waals surface area contributed by atoms with Crippen molar-refractivity contribution in [2.45, 2.75) is 26.6 Å². The molecule has 3 rings (SSSR count). The lowest BCUT2D eigenvalue weighted by Crippen LogP contribution is -2.09. The van der Waals surface area contributed by atoms with Crippen LogP contribution in [-0.2, 0) is 11.3 Å². The monoisotopic (exact) mass is 344 g/mol. The van der Waals surface area contributed by atoms with Crippen LogP contribution in [0.25, 0.3) is 16.6 Å². The number of hydrogen-bond donors (Lipinski definition) is 0. The van der Waals surface area contributed by atoms with E-state index >= 15 is 0 Å². The average molecular weight is 344 g/mol. The van der Waals surface area contributed by atoms with Crippen LogP contribution in [0.2, 0.25) is 0 Å². The minimum Gasteiger partial charge on any atom is -0.357 e. The third-order valence-electron chi connectivity index (χ3n) is 3.82. The summed E-state index contributed by atoms with van der Waals surface area (Å²) in [6.07, 6.45) is 5.94. The molecule has 0 aliphatic heterocycles. The molecule has 0 radical (unpaired) electrons. The molecule has 0 saturated heterocycles. The van der Waals surface area contributed by atoms with Crippen LogP contribution in [0.3, 0.4) is 0 Å². The molecule has 130 valence electrons. The fourth-order valence-corrected chi connectivity index (χ4v) is 2.69. The second kappa shape index (κ2) is 6.77. The number of ether oxygens (including phenoxy) is 1. The molecule has 0 saturated carbocycles. The molecule has 1 unspecified atom stereocenters. The predicted molar refractivity (Wildman–Crippen MR) is 88.9 cm³/mol. The average Bonchev–Trinajstić information content (AvgIpc) is 3.22. The van der Waals surface area contributed by atoms with Gasteiger partial charge in [-0.25, -0.2) is 9.20 Å². The van der Waals surface area contributed by atoms with Crippen molar-refractivity contribution in [2.75, 3.05) is 6.61 Å². The zero-order chi connectivity index (χ0) is 18.0. The first-order valence-electron chi connectivity index (χ1n) is 7.65. The van der Waals surface area contributed by atoms with Gasteiger partial charge in [0.2, 0.25) is 0 Å². The van der Waals surface area contributed by atoms with E-state index in [2.05, 4.69) is 15.4 Å². The summed E-state index contributed by atoms with van der Waals surface area (Å²) in [5.74, 6) is 0. The highest BCUT2D eigenvalue weighted by Crippen LogP contribution is 2.31. The van der Waals surface area contributed by atoms with Gasteiger partial charge in [-0.3, -0.25) is 10.1 Å². The lowest BCUT2D eigenvalue weighted by molar-refractivity contribution is -0.384. The first kappa shape index (κ1) is 16.7. The molecule has 0 aliphatic carbocycles. The summed E-state index contributed by atoms with van der Waals surface area (Å²) >= 11 is 0. The highest BCUT2D eigenvalue weighted by atomic mass is 16.6. The molecule has 1 atom stereocenters. The van der Waals surface area contributed by atoms with Crippen molar-refractivity contribution in [1.29, 1.82) is 0 Å². The maximum absolute atomic E-state index is 11.1. The summed E-state index contributed by atoms with van der Waals surface area (Å²) in [6.45, 7) is 4.20. The van der Waals surface area contributed by atoms with Crippen LogP contribution in [0.5, 0.6) is 0 Å². The smallest absolute Gasteiger partial charge is 0.289 e. The maximum atomic E-state index is 11.1. The van der Waals surface area contributed by atoms with E-state index < -0.39 is 4.92 Å². The summed E-state index contributed by atoms with van der Waals surface area (Å²) in [5.41, 5.74) is 2.33. The molecular weight excluding hydrogens is 328 g/mol. The predicted octanol–water partition coefficient (Wildman–Crippen LogP) is 2.93. The van der Waals surface area contributed by atoms with Crippen LogP contribution in [0.1, 0.15) is 25.6 Å². The second-order valence-electron chi connectivity index (χ2n) is 5.38. The van der Waals surface area contributed by atoms with E-state index in [0.717, 1.165) is 0 Å². The fraction of sp³-hybridized carbons (Fsp3) is 0.333. The summed E-state index contributed by atoms with van der Waals surface area (Å²) in [5, 5.41) is 22.4. The Morgan fingerprint density at radius 1 is 1.36 bits per heavy atom. The van der Waals surface area contributed by atoms with E-state index in [0.29, 0.717) is 28.8 Å². The zero-order valence-corrected chi connectivity index (χ0v) is 13.7. The van der Waals surface area contributed by atoms with Gasteiger partial charge in [-0.2, -0.15) is 15.1 Å². The summed E-state index contributed by atoms with van der Waals surface area (Å²) in [6, 6.07) is 1.42. The van der Waals surface area contributed by atoms with E-state index in [1.807, 2.05) is 13.8 Å². The molecule has 0 amide bonds. The molecule has 0 aromatic carbocycles. The maximum Gasteiger partial charge on any atom is 0.289 e. The van der Waals surface area contributed by atoms with Gasteiger partial charge in [-0.05, 0) is 13.8 Å². The van der Waals surface area contributed by atoms with E-state index in [4.69, 9.17) is 4.74 Å². The number of hydrogen-bond acceptors (Lipinski definition) is 7. The molecular formula is C15H16N6O4. The second-order valence-corrected chi connectivity index (χ2v) is 5.38. The number of nitrogens with zero attached hydrogens (tertiary/aromatic N) is 6. The fourth-order valence-electron chi connectivity index (χ4n) is 2.69. The first-order valence-corrected chi connectivity index (χ1v) is 7.65. The van der Waals surface area contributed by atoms with Gasteiger partial charge in [0.15, 0.2) is 0 Å². The minimum absolute atomic E-state index is 0.0833. The summed E-state index contributed by atoms with van der Waals surface area (Å²) < 4.78 is 8.55.